The quantitative estimate of drug-likeness (QED) is 0.755. The summed E-state index contributed by atoms with van der Waals surface area (Å²) in [5, 5.41) is 6.58. The molecule has 2 aliphatic rings. The normalized spacial score (nSPS) is 27.7. The molecule has 0 bridgehead atoms. The largest absolute Gasteiger partial charge is 0.353 e. The van der Waals surface area contributed by atoms with Gasteiger partial charge in [0.1, 0.15) is 0 Å². The van der Waals surface area contributed by atoms with E-state index in [2.05, 4.69) is 17.6 Å². The fourth-order valence-corrected chi connectivity index (χ4v) is 3.36. The molecular formula is C15H28N2O. The van der Waals surface area contributed by atoms with E-state index in [1.54, 1.807) is 0 Å². The fraction of sp³-hybridized carbons (Fsp3) is 0.933. The Kier molecular flexibility index (Phi) is 5.48. The van der Waals surface area contributed by atoms with Gasteiger partial charge in [0.2, 0.25) is 5.91 Å². The number of nitrogens with one attached hydrogen (secondary N) is 2. The molecule has 2 fully saturated rings. The molecule has 1 saturated carbocycles. The van der Waals surface area contributed by atoms with Crippen LogP contribution in [0.5, 0.6) is 0 Å². The van der Waals surface area contributed by atoms with E-state index in [4.69, 9.17) is 0 Å². The monoisotopic (exact) mass is 252 g/mol. The summed E-state index contributed by atoms with van der Waals surface area (Å²) in [7, 11) is 0. The Morgan fingerprint density at radius 2 is 1.94 bits per heavy atom. The Morgan fingerprint density at radius 1 is 1.22 bits per heavy atom. The van der Waals surface area contributed by atoms with Crippen LogP contribution in [0.4, 0.5) is 0 Å². The van der Waals surface area contributed by atoms with E-state index in [0.29, 0.717) is 17.9 Å². The molecule has 2 unspecified atom stereocenters. The van der Waals surface area contributed by atoms with Crippen LogP contribution in [0.1, 0.15) is 58.3 Å². The highest BCUT2D eigenvalue weighted by atomic mass is 16.1. The molecule has 1 saturated heterocycles. The molecular weight excluding hydrogens is 224 g/mol. The van der Waals surface area contributed by atoms with E-state index in [9.17, 15) is 4.79 Å². The van der Waals surface area contributed by atoms with Crippen molar-refractivity contribution in [1.82, 2.24) is 10.6 Å². The van der Waals surface area contributed by atoms with Gasteiger partial charge in [0.15, 0.2) is 0 Å². The minimum atomic E-state index is 0.279. The molecule has 1 aliphatic carbocycles. The van der Waals surface area contributed by atoms with Crippen molar-refractivity contribution in [2.45, 2.75) is 64.3 Å². The Labute approximate surface area is 111 Å². The molecule has 3 heteroatoms. The molecule has 18 heavy (non-hydrogen) atoms. The van der Waals surface area contributed by atoms with Crippen LogP contribution >= 0.6 is 0 Å². The maximum atomic E-state index is 12.1. The molecule has 1 amide bonds. The summed E-state index contributed by atoms with van der Waals surface area (Å²) >= 11 is 0. The molecule has 2 rings (SSSR count). The highest BCUT2D eigenvalue weighted by Crippen LogP contribution is 2.25. The third-order valence-electron chi connectivity index (χ3n) is 4.64. The van der Waals surface area contributed by atoms with Crippen molar-refractivity contribution in [3.05, 3.63) is 0 Å². The molecule has 3 nitrogen and oxygen atoms in total. The molecule has 1 heterocycles. The summed E-state index contributed by atoms with van der Waals surface area (Å²) in [6.45, 7) is 4.32. The van der Waals surface area contributed by atoms with Gasteiger partial charge < -0.3 is 10.6 Å². The highest BCUT2D eigenvalue weighted by molar-refractivity contribution is 5.76. The van der Waals surface area contributed by atoms with Crippen molar-refractivity contribution in [3.63, 3.8) is 0 Å². The highest BCUT2D eigenvalue weighted by Gasteiger charge is 2.23. The first kappa shape index (κ1) is 13.9. The van der Waals surface area contributed by atoms with E-state index >= 15 is 0 Å². The second-order valence-corrected chi connectivity index (χ2v) is 6.17. The molecule has 0 aromatic heterocycles. The van der Waals surface area contributed by atoms with Crippen LogP contribution in [0, 0.1) is 11.8 Å². The van der Waals surface area contributed by atoms with Crippen molar-refractivity contribution >= 4 is 5.91 Å². The maximum Gasteiger partial charge on any atom is 0.220 e. The number of hydrogen-bond acceptors (Lipinski definition) is 2. The predicted octanol–water partition coefficient (Wildman–Crippen LogP) is 2.46. The third kappa shape index (κ3) is 4.27. The van der Waals surface area contributed by atoms with Gasteiger partial charge in [-0.2, -0.15) is 0 Å². The van der Waals surface area contributed by atoms with Crippen LogP contribution in [-0.2, 0) is 4.79 Å². The van der Waals surface area contributed by atoms with Gasteiger partial charge in [-0.1, -0.05) is 25.7 Å². The Bertz CT molecular complexity index is 247. The standard InChI is InChI=1S/C15H28N2O/c1-12(14-8-9-16-11-14)17-15(18)10-13-6-4-2-3-5-7-13/h12-14,16H,2-11H2,1H3,(H,17,18). The lowest BCUT2D eigenvalue weighted by Gasteiger charge is -2.21. The number of carbonyl (C=O) groups is 1. The van der Waals surface area contributed by atoms with Gasteiger partial charge in [0.05, 0.1) is 0 Å². The molecule has 2 atom stereocenters. The summed E-state index contributed by atoms with van der Waals surface area (Å²) in [4.78, 5) is 12.1. The van der Waals surface area contributed by atoms with E-state index < -0.39 is 0 Å². The first-order chi connectivity index (χ1) is 8.75. The molecule has 0 aromatic rings. The van der Waals surface area contributed by atoms with Crippen LogP contribution in [-0.4, -0.2) is 25.0 Å². The van der Waals surface area contributed by atoms with Crippen molar-refractivity contribution in [2.75, 3.05) is 13.1 Å². The van der Waals surface area contributed by atoms with Crippen LogP contribution < -0.4 is 10.6 Å². The minimum Gasteiger partial charge on any atom is -0.353 e. The SMILES string of the molecule is CC(NC(=O)CC1CCCCCC1)C1CCNC1. The Hall–Kier alpha value is -0.570. The summed E-state index contributed by atoms with van der Waals surface area (Å²) in [6.07, 6.45) is 9.83. The van der Waals surface area contributed by atoms with Gasteiger partial charge >= 0.3 is 0 Å². The number of carbonyl (C=O) groups excluding carboxylic acids is 1. The second kappa shape index (κ2) is 7.13. The van der Waals surface area contributed by atoms with Crippen molar-refractivity contribution in [3.8, 4) is 0 Å². The predicted molar refractivity (Wildman–Crippen MR) is 74.4 cm³/mol. The van der Waals surface area contributed by atoms with Gasteiger partial charge in [-0.05, 0) is 51.1 Å². The van der Waals surface area contributed by atoms with Gasteiger partial charge in [0.25, 0.3) is 0 Å². The molecule has 0 spiro atoms. The molecule has 0 aromatic carbocycles. The second-order valence-electron chi connectivity index (χ2n) is 6.17. The summed E-state index contributed by atoms with van der Waals surface area (Å²) < 4.78 is 0. The van der Waals surface area contributed by atoms with Crippen molar-refractivity contribution < 1.29 is 4.79 Å². The van der Waals surface area contributed by atoms with E-state index in [0.717, 1.165) is 19.5 Å². The average molecular weight is 252 g/mol. The van der Waals surface area contributed by atoms with Crippen LogP contribution in [0.2, 0.25) is 0 Å². The smallest absolute Gasteiger partial charge is 0.220 e. The zero-order valence-electron chi connectivity index (χ0n) is 11.7. The summed E-state index contributed by atoms with van der Waals surface area (Å²) in [5.74, 6) is 1.55. The lowest BCUT2D eigenvalue weighted by molar-refractivity contribution is -0.123. The van der Waals surface area contributed by atoms with Gasteiger partial charge in [0, 0.05) is 12.5 Å². The third-order valence-corrected chi connectivity index (χ3v) is 4.64. The summed E-state index contributed by atoms with van der Waals surface area (Å²) in [6, 6.07) is 0.332. The first-order valence-corrected chi connectivity index (χ1v) is 7.76. The molecule has 1 aliphatic heterocycles. The molecule has 0 radical (unpaired) electrons. The van der Waals surface area contributed by atoms with Crippen LogP contribution in [0.15, 0.2) is 0 Å². The maximum absolute atomic E-state index is 12.1. The fourth-order valence-electron chi connectivity index (χ4n) is 3.36. The molecule has 2 N–H and O–H groups in total. The van der Waals surface area contributed by atoms with E-state index in [-0.39, 0.29) is 5.91 Å². The summed E-state index contributed by atoms with van der Waals surface area (Å²) in [5.41, 5.74) is 0. The van der Waals surface area contributed by atoms with Gasteiger partial charge in [-0.15, -0.1) is 0 Å². The molecule has 104 valence electrons. The topological polar surface area (TPSA) is 41.1 Å². The van der Waals surface area contributed by atoms with E-state index in [1.807, 2.05) is 0 Å². The number of hydrogen-bond donors (Lipinski definition) is 2. The number of rotatable bonds is 4. The minimum absolute atomic E-state index is 0.279. The number of amides is 1. The van der Waals surface area contributed by atoms with Crippen LogP contribution in [0.25, 0.3) is 0 Å². The lowest BCUT2D eigenvalue weighted by Crippen LogP contribution is -2.39. The zero-order valence-corrected chi connectivity index (χ0v) is 11.7. The Balaban J connectivity index is 1.70. The van der Waals surface area contributed by atoms with Gasteiger partial charge in [-0.3, -0.25) is 4.79 Å². The van der Waals surface area contributed by atoms with Crippen molar-refractivity contribution in [2.24, 2.45) is 11.8 Å². The van der Waals surface area contributed by atoms with Gasteiger partial charge in [-0.25, -0.2) is 0 Å². The Morgan fingerprint density at radius 3 is 2.56 bits per heavy atom. The lowest BCUT2D eigenvalue weighted by atomic mass is 9.95. The first-order valence-electron chi connectivity index (χ1n) is 7.76. The van der Waals surface area contributed by atoms with E-state index in [1.165, 1.54) is 44.9 Å². The van der Waals surface area contributed by atoms with Crippen molar-refractivity contribution in [1.29, 1.82) is 0 Å². The average Bonchev–Trinajstić information content (AvgIpc) is 2.76. The zero-order chi connectivity index (χ0) is 12.8. The van der Waals surface area contributed by atoms with Crippen LogP contribution in [0.3, 0.4) is 0 Å².